The number of nitrogens with two attached hydrogens (primary N) is 1. The van der Waals surface area contributed by atoms with Gasteiger partial charge in [-0.25, -0.2) is 14.6 Å². The van der Waals surface area contributed by atoms with Crippen molar-refractivity contribution in [3.8, 4) is 0 Å². The van der Waals surface area contributed by atoms with Crippen LogP contribution >= 0.6 is 23.1 Å². The normalized spacial score (nSPS) is 16.6. The fraction of sp³-hybridized carbons (Fsp3) is 0.581. The highest BCUT2D eigenvalue weighted by Gasteiger charge is 2.44. The molecule has 2 aromatic carbocycles. The molecule has 578 valence electrons. The summed E-state index contributed by atoms with van der Waals surface area (Å²) in [6, 6.07) is 9.58. The number of urea groups is 1. The molecule has 3 heterocycles. The van der Waals surface area contributed by atoms with Crippen molar-refractivity contribution < 1.29 is 71.7 Å². The maximum atomic E-state index is 14.9. The first-order valence-corrected chi connectivity index (χ1v) is 37.7. The quantitative estimate of drug-likeness (QED) is 0.0262. The second kappa shape index (κ2) is 42.9. The van der Waals surface area contributed by atoms with Crippen LogP contribution in [0.1, 0.15) is 129 Å². The molecule has 1 aromatic heterocycles. The number of carbonyl (C=O) groups excluding carboxylic acids is 12. The van der Waals surface area contributed by atoms with Gasteiger partial charge in [-0.15, -0.1) is 11.3 Å². The number of amides is 13. The summed E-state index contributed by atoms with van der Waals surface area (Å²) in [5.74, 6) is -6.63. The molecule has 0 aliphatic carbocycles. The third-order valence-corrected chi connectivity index (χ3v) is 20.8. The van der Waals surface area contributed by atoms with E-state index in [1.165, 1.54) is 45.1 Å². The Kier molecular flexibility index (Phi) is 35.4. The lowest BCUT2D eigenvalue weighted by atomic mass is 9.89. The molecule has 8 N–H and O–H groups in total. The van der Waals surface area contributed by atoms with Gasteiger partial charge >= 0.3 is 12.1 Å². The molecule has 13 amide bonds. The van der Waals surface area contributed by atoms with Crippen LogP contribution in [0.3, 0.4) is 0 Å². The van der Waals surface area contributed by atoms with Gasteiger partial charge in [0.15, 0.2) is 0 Å². The van der Waals surface area contributed by atoms with Gasteiger partial charge in [0.25, 0.3) is 0 Å². The number of aromatic nitrogens is 1. The van der Waals surface area contributed by atoms with Gasteiger partial charge in [-0.1, -0.05) is 124 Å². The van der Waals surface area contributed by atoms with Gasteiger partial charge in [0.2, 0.25) is 59.1 Å². The van der Waals surface area contributed by atoms with Crippen LogP contribution in [-0.2, 0) is 75.2 Å². The molecular formula is C74H110N14O15S2. The second-order valence-corrected chi connectivity index (χ2v) is 29.6. The number of ether oxygens (including phenoxy) is 3. The van der Waals surface area contributed by atoms with Crippen molar-refractivity contribution >= 4 is 100.0 Å². The average molecular weight is 1500 g/mol. The van der Waals surface area contributed by atoms with E-state index in [4.69, 9.17) is 19.9 Å². The number of nitrogens with one attached hydrogen (secondary N) is 6. The van der Waals surface area contributed by atoms with E-state index in [2.05, 4.69) is 50.0 Å². The molecule has 2 unspecified atom stereocenters. The summed E-state index contributed by atoms with van der Waals surface area (Å²) in [7, 11) is 6.14. The third-order valence-electron chi connectivity index (χ3n) is 18.9. The molecule has 0 bridgehead atoms. The second-order valence-electron chi connectivity index (χ2n) is 27.6. The van der Waals surface area contributed by atoms with Gasteiger partial charge in [0, 0.05) is 70.8 Å². The van der Waals surface area contributed by atoms with Crippen LogP contribution < -0.4 is 37.6 Å². The number of hydrogen-bond acceptors (Lipinski definition) is 18. The van der Waals surface area contributed by atoms with Crippen molar-refractivity contribution in [3.63, 3.8) is 0 Å². The van der Waals surface area contributed by atoms with E-state index in [1.54, 1.807) is 96.0 Å². The van der Waals surface area contributed by atoms with E-state index >= 15 is 0 Å². The lowest BCUT2D eigenvalue weighted by molar-refractivity contribution is -0.154. The third kappa shape index (κ3) is 25.7. The van der Waals surface area contributed by atoms with Gasteiger partial charge in [0.05, 0.1) is 68.4 Å². The Morgan fingerprint density at radius 3 is 1.93 bits per heavy atom. The summed E-state index contributed by atoms with van der Waals surface area (Å²) in [4.78, 5) is 176. The molecule has 2 aliphatic heterocycles. The maximum absolute atomic E-state index is 14.9. The molecule has 2 aliphatic rings. The number of benzene rings is 2. The van der Waals surface area contributed by atoms with Crippen LogP contribution in [0.15, 0.2) is 91.5 Å². The Hall–Kier alpha value is -8.94. The van der Waals surface area contributed by atoms with Crippen LogP contribution in [0.2, 0.25) is 0 Å². The van der Waals surface area contributed by atoms with Gasteiger partial charge in [0.1, 0.15) is 35.8 Å². The molecule has 3 aromatic rings. The van der Waals surface area contributed by atoms with Crippen molar-refractivity contribution in [3.05, 3.63) is 108 Å². The first kappa shape index (κ1) is 86.7. The van der Waals surface area contributed by atoms with E-state index < -0.39 is 126 Å². The van der Waals surface area contributed by atoms with Crippen LogP contribution in [0.4, 0.5) is 15.3 Å². The van der Waals surface area contributed by atoms with E-state index in [-0.39, 0.29) is 100 Å². The topological polar surface area (TPSA) is 363 Å². The number of likely N-dealkylation sites (tertiary alicyclic amines) is 1. The number of thiazole rings is 1. The molecule has 31 heteroatoms. The number of anilines is 1. The largest absolute Gasteiger partial charge is 0.445 e. The minimum absolute atomic E-state index is 0.0238. The fourth-order valence-corrected chi connectivity index (χ4v) is 14.4. The van der Waals surface area contributed by atoms with Gasteiger partial charge in [-0.3, -0.25) is 52.8 Å². The van der Waals surface area contributed by atoms with Crippen LogP contribution in [-0.4, -0.2) is 227 Å². The number of primary amides is 1. The number of thioether (sulfide) groups is 1. The Bertz CT molecular complexity index is 3390. The highest BCUT2D eigenvalue weighted by molar-refractivity contribution is 7.99. The summed E-state index contributed by atoms with van der Waals surface area (Å²) >= 11 is 2.60. The summed E-state index contributed by atoms with van der Waals surface area (Å²) in [5.41, 5.74) is 7.14. The number of carbonyl (C=O) groups is 12. The molecule has 0 saturated carbocycles. The van der Waals surface area contributed by atoms with E-state index in [0.717, 1.165) is 34.5 Å². The number of likely N-dealkylation sites (N-methyl/N-ethyl adjacent to an activating group) is 2. The molecule has 105 heavy (non-hydrogen) atoms. The molecule has 29 nitrogen and oxygen atoms in total. The minimum atomic E-state index is -1.16. The first-order chi connectivity index (χ1) is 49.9. The summed E-state index contributed by atoms with van der Waals surface area (Å²) in [6.45, 7) is 23.4. The first-order valence-electron chi connectivity index (χ1n) is 35.7. The Morgan fingerprint density at radius 2 is 1.37 bits per heavy atom. The number of methoxy groups -OCH3 is 2. The molecule has 11 atom stereocenters. The van der Waals surface area contributed by atoms with Crippen molar-refractivity contribution in [2.24, 2.45) is 35.3 Å². The van der Waals surface area contributed by atoms with Gasteiger partial charge in [-0.2, -0.15) is 11.8 Å². The average Bonchev–Trinajstić information content (AvgIpc) is 1.80. The standard InChI is InChI=1S/C74H110N14O15S2/c1-16-48(10)65(56(101-14)39-61(93)88-35-23-27-55(88)66(102-15)49(11)67(94)80-54(71-76-34-37-105-71)38-50-24-20-19-21-25-50)83(12)72(98)63(46(6)7)82-70(97)64(47(8)9)84(13)74(100)103-40-51-28-30-52(31-29-51)78-68(95)53(26-22-33-77-73(75)99)79-69(96)62(45(4)5)81-57(89)41-104-36-32-60(92)87-43-85(58(90)17-2)42-86(44-87)59(91)18-3/h17-21,24-25,28-31,34,37,45-49,53-56,62-66H,2-3,16,22-23,26-27,32-33,35-36,38-44H2,1,4-15H3,(H,78,95)(H,79,96)(H,80,94)(H,81,89)(H,82,97)(H3,75,77,99)/t48?,49-,53+,54+,55+,56-,62+,63?,64+,65+,66-/m1/s1. The van der Waals surface area contributed by atoms with E-state index in [0.29, 0.717) is 43.5 Å². The maximum Gasteiger partial charge on any atom is 0.410 e. The number of hydrogen-bond donors (Lipinski definition) is 7. The van der Waals surface area contributed by atoms with Crippen molar-refractivity contribution in [1.82, 2.24) is 61.0 Å². The SMILES string of the molecule is C=CC(=O)N1CN(C(=O)C=C)CN(C(=O)CCSCC(=O)N[C@H](C(=O)N[C@@H](CCCNC(N)=O)C(=O)Nc2ccc(COC(=O)N(C)[C@H](C(=O)NC(C(=O)N(C)[C@@H](C(C)CC)[C@@H](CC(=O)N3CCC[C@H]3[C@H](OC)[C@@H](C)C(=O)N[C@@H](Cc3ccccc3)c3nccs3)OC)C(C)C)C(C)C)cc2)C(C)C)C1. The summed E-state index contributed by atoms with van der Waals surface area (Å²) < 4.78 is 17.9. The Balaban J connectivity index is 1.17. The van der Waals surface area contributed by atoms with Crippen LogP contribution in [0, 0.1) is 29.6 Å². The number of rotatable bonds is 40. The van der Waals surface area contributed by atoms with Gasteiger partial charge in [-0.05, 0) is 91.2 Å². The zero-order valence-electron chi connectivity index (χ0n) is 63.0. The van der Waals surface area contributed by atoms with Crippen molar-refractivity contribution in [2.75, 3.05) is 78.2 Å². The van der Waals surface area contributed by atoms with Crippen molar-refractivity contribution in [1.29, 1.82) is 0 Å². The minimum Gasteiger partial charge on any atom is -0.445 e. The van der Waals surface area contributed by atoms with Crippen LogP contribution in [0.5, 0.6) is 0 Å². The predicted octanol–water partition coefficient (Wildman–Crippen LogP) is 5.78. The lowest BCUT2D eigenvalue weighted by Gasteiger charge is -2.41. The van der Waals surface area contributed by atoms with E-state index in [1.807, 2.05) is 56.5 Å². The smallest absolute Gasteiger partial charge is 0.410 e. The highest BCUT2D eigenvalue weighted by atomic mass is 32.2. The summed E-state index contributed by atoms with van der Waals surface area (Å²) in [6.07, 6.45) is 4.25. The molecule has 2 saturated heterocycles. The molecule has 0 radical (unpaired) electrons. The molecule has 0 spiro atoms. The van der Waals surface area contributed by atoms with E-state index in [9.17, 15) is 57.5 Å². The van der Waals surface area contributed by atoms with Gasteiger partial charge < -0.3 is 76.3 Å². The zero-order chi connectivity index (χ0) is 77.8. The lowest BCUT2D eigenvalue weighted by Crippen LogP contribution is -2.60. The zero-order valence-corrected chi connectivity index (χ0v) is 64.6. The number of nitrogens with zero attached hydrogens (tertiary/aromatic N) is 7. The monoisotopic (exact) mass is 1500 g/mol. The Morgan fingerprint density at radius 1 is 0.733 bits per heavy atom. The summed E-state index contributed by atoms with van der Waals surface area (Å²) in [5, 5.41) is 19.5. The molecule has 5 rings (SSSR count). The fourth-order valence-electron chi connectivity index (χ4n) is 13.0. The molecular weight excluding hydrogens is 1390 g/mol. The van der Waals surface area contributed by atoms with Crippen LogP contribution in [0.25, 0.3) is 0 Å². The molecule has 2 fully saturated rings. The Labute approximate surface area is 625 Å². The highest BCUT2D eigenvalue weighted by Crippen LogP contribution is 2.31. The van der Waals surface area contributed by atoms with Crippen molar-refractivity contribution in [2.45, 2.75) is 175 Å². The predicted molar refractivity (Wildman–Crippen MR) is 401 cm³/mol.